The van der Waals surface area contributed by atoms with Crippen molar-refractivity contribution < 1.29 is 24.0 Å². The Labute approximate surface area is 190 Å². The Morgan fingerprint density at radius 1 is 1.12 bits per heavy atom. The monoisotopic (exact) mass is 459 g/mol. The van der Waals surface area contributed by atoms with E-state index in [9.17, 15) is 20.0 Å². The molecular formula is C24H33NO6Si. The van der Waals surface area contributed by atoms with E-state index in [0.717, 1.165) is 0 Å². The lowest BCUT2D eigenvalue weighted by molar-refractivity contribution is -0.385. The molecule has 0 bridgehead atoms. The maximum Gasteiger partial charge on any atom is 0.336 e. The fraction of sp³-hybridized carbons (Fsp3) is 0.458. The lowest BCUT2D eigenvalue weighted by Gasteiger charge is -2.38. The molecule has 2 aromatic carbocycles. The number of carbonyl (C=O) groups is 1. The number of nitro groups is 1. The molecule has 1 N–H and O–H groups in total. The van der Waals surface area contributed by atoms with Crippen LogP contribution in [-0.2, 0) is 6.42 Å². The van der Waals surface area contributed by atoms with E-state index in [1.54, 1.807) is 32.0 Å². The van der Waals surface area contributed by atoms with Crippen molar-refractivity contribution in [2.75, 3.05) is 6.61 Å². The number of hydrogen-bond acceptors (Lipinski definition) is 5. The van der Waals surface area contributed by atoms with Crippen molar-refractivity contribution in [2.45, 2.75) is 66.1 Å². The number of rotatable bonds is 8. The first kappa shape index (κ1) is 25.4. The molecule has 2 rings (SSSR count). The highest BCUT2D eigenvalue weighted by molar-refractivity contribution is 6.74. The van der Waals surface area contributed by atoms with Crippen molar-refractivity contribution in [2.24, 2.45) is 0 Å². The zero-order chi connectivity index (χ0) is 24.4. The van der Waals surface area contributed by atoms with Crippen LogP contribution in [-0.4, -0.2) is 30.9 Å². The summed E-state index contributed by atoms with van der Waals surface area (Å²) in [5.41, 5.74) is 2.32. The summed E-state index contributed by atoms with van der Waals surface area (Å²) < 4.78 is 12.6. The normalized spacial score (nSPS) is 11.9. The van der Waals surface area contributed by atoms with Gasteiger partial charge in [-0.2, -0.15) is 0 Å². The molecule has 0 fully saturated rings. The topological polar surface area (TPSA) is 98.9 Å². The Morgan fingerprint density at radius 2 is 1.69 bits per heavy atom. The van der Waals surface area contributed by atoms with Gasteiger partial charge in [-0.25, -0.2) is 4.79 Å². The van der Waals surface area contributed by atoms with E-state index >= 15 is 0 Å². The third-order valence-electron chi connectivity index (χ3n) is 6.20. The third kappa shape index (κ3) is 4.96. The molecule has 8 heteroatoms. The van der Waals surface area contributed by atoms with Gasteiger partial charge in [-0.1, -0.05) is 39.0 Å². The Kier molecular flexibility index (Phi) is 7.39. The zero-order valence-corrected chi connectivity index (χ0v) is 21.2. The van der Waals surface area contributed by atoms with Crippen LogP contribution in [0.5, 0.6) is 11.5 Å². The van der Waals surface area contributed by atoms with Gasteiger partial charge in [0.15, 0.2) is 0 Å². The number of carboxylic acids is 1. The van der Waals surface area contributed by atoms with E-state index in [-0.39, 0.29) is 22.7 Å². The highest BCUT2D eigenvalue weighted by atomic mass is 28.4. The lowest BCUT2D eigenvalue weighted by atomic mass is 9.92. The fourth-order valence-electron chi connectivity index (χ4n) is 3.46. The maximum atomic E-state index is 12.1. The van der Waals surface area contributed by atoms with Crippen LogP contribution in [0.25, 0.3) is 0 Å². The molecule has 0 atom stereocenters. The van der Waals surface area contributed by atoms with Gasteiger partial charge in [0.1, 0.15) is 11.5 Å². The number of para-hydroxylation sites is 1. The van der Waals surface area contributed by atoms with E-state index in [0.29, 0.717) is 40.4 Å². The van der Waals surface area contributed by atoms with Gasteiger partial charge in [0.25, 0.3) is 14.0 Å². The van der Waals surface area contributed by atoms with Crippen molar-refractivity contribution in [3.63, 3.8) is 0 Å². The number of benzene rings is 2. The van der Waals surface area contributed by atoms with Gasteiger partial charge in [0.05, 0.1) is 17.1 Å². The number of ether oxygens (including phenoxy) is 1. The summed E-state index contributed by atoms with van der Waals surface area (Å²) >= 11 is 0. The Hall–Kier alpha value is -2.87. The van der Waals surface area contributed by atoms with Gasteiger partial charge in [-0.3, -0.25) is 10.1 Å². The second-order valence-corrected chi connectivity index (χ2v) is 14.1. The predicted octanol–water partition coefficient (Wildman–Crippen LogP) is 6.28. The minimum Gasteiger partial charge on any atom is -0.543 e. The maximum absolute atomic E-state index is 12.1. The lowest BCUT2D eigenvalue weighted by Crippen LogP contribution is -2.44. The first-order valence-corrected chi connectivity index (χ1v) is 13.6. The van der Waals surface area contributed by atoms with Crippen molar-refractivity contribution in [1.29, 1.82) is 0 Å². The van der Waals surface area contributed by atoms with Gasteiger partial charge in [0, 0.05) is 34.7 Å². The van der Waals surface area contributed by atoms with E-state index in [4.69, 9.17) is 9.16 Å². The van der Waals surface area contributed by atoms with Crippen molar-refractivity contribution in [3.05, 3.63) is 62.2 Å². The van der Waals surface area contributed by atoms with Gasteiger partial charge < -0.3 is 14.3 Å². The standard InChI is InChI=1S/C24H33NO6Si/c1-9-30-21-15(2)20(23(26)27)16(3)22(31-32(7,8)24(4,5)6)18(21)14-17-12-10-11-13-19(17)25(28)29/h10-13H,9,14H2,1-8H3,(H,26,27). The van der Waals surface area contributed by atoms with Gasteiger partial charge in [-0.05, 0) is 38.9 Å². The molecule has 0 aromatic heterocycles. The van der Waals surface area contributed by atoms with Crippen molar-refractivity contribution in [3.8, 4) is 11.5 Å². The predicted molar refractivity (Wildman–Crippen MR) is 128 cm³/mol. The Morgan fingerprint density at radius 3 is 2.19 bits per heavy atom. The molecule has 0 aliphatic heterocycles. The third-order valence-corrected chi connectivity index (χ3v) is 10.5. The van der Waals surface area contributed by atoms with Crippen LogP contribution < -0.4 is 9.16 Å². The largest absolute Gasteiger partial charge is 0.543 e. The van der Waals surface area contributed by atoms with Crippen LogP contribution in [0.3, 0.4) is 0 Å². The summed E-state index contributed by atoms with van der Waals surface area (Å²) in [6.45, 7) is 16.1. The minimum atomic E-state index is -2.36. The highest BCUT2D eigenvalue weighted by Gasteiger charge is 2.41. The van der Waals surface area contributed by atoms with E-state index in [2.05, 4.69) is 33.9 Å². The van der Waals surface area contributed by atoms with Crippen molar-refractivity contribution in [1.82, 2.24) is 0 Å². The summed E-state index contributed by atoms with van der Waals surface area (Å²) in [6.07, 6.45) is 0.192. The molecule has 0 radical (unpaired) electrons. The SMILES string of the molecule is CCOc1c(C)c(C(=O)O)c(C)c(O[Si](C)(C)C(C)(C)C)c1Cc1ccccc1[N+](=O)[O-]. The molecular weight excluding hydrogens is 426 g/mol. The summed E-state index contributed by atoms with van der Waals surface area (Å²) in [5.74, 6) is -0.179. The van der Waals surface area contributed by atoms with Gasteiger partial charge >= 0.3 is 5.97 Å². The number of carboxylic acid groups (broad SMARTS) is 1. The second-order valence-electron chi connectivity index (χ2n) is 9.42. The fourth-order valence-corrected chi connectivity index (χ4v) is 4.55. The first-order chi connectivity index (χ1) is 14.7. The molecule has 174 valence electrons. The average Bonchev–Trinajstić information content (AvgIpc) is 2.67. The summed E-state index contributed by atoms with van der Waals surface area (Å²) in [6, 6.07) is 6.56. The van der Waals surface area contributed by atoms with E-state index in [1.807, 2.05) is 6.92 Å². The molecule has 7 nitrogen and oxygen atoms in total. The highest BCUT2D eigenvalue weighted by Crippen LogP contribution is 2.45. The summed E-state index contributed by atoms with van der Waals surface area (Å²) in [7, 11) is -2.36. The van der Waals surface area contributed by atoms with Crippen LogP contribution in [0.1, 0.15) is 60.3 Å². The number of aromatic carboxylic acids is 1. The molecule has 0 aliphatic carbocycles. The van der Waals surface area contributed by atoms with Crippen LogP contribution in [0.15, 0.2) is 24.3 Å². The molecule has 2 aromatic rings. The second kappa shape index (κ2) is 9.32. The van der Waals surface area contributed by atoms with E-state index in [1.165, 1.54) is 6.07 Å². The molecule has 0 spiro atoms. The molecule has 0 saturated heterocycles. The van der Waals surface area contributed by atoms with Crippen LogP contribution in [0, 0.1) is 24.0 Å². The molecule has 0 aliphatic rings. The zero-order valence-electron chi connectivity index (χ0n) is 20.2. The van der Waals surface area contributed by atoms with Crippen LogP contribution in [0.4, 0.5) is 5.69 Å². The number of nitrogens with zero attached hydrogens (tertiary/aromatic N) is 1. The Balaban J connectivity index is 2.88. The summed E-state index contributed by atoms with van der Waals surface area (Å²) in [4.78, 5) is 23.3. The molecule has 0 saturated carbocycles. The molecule has 0 amide bonds. The average molecular weight is 460 g/mol. The summed E-state index contributed by atoms with van der Waals surface area (Å²) in [5, 5.41) is 21.4. The van der Waals surface area contributed by atoms with E-state index < -0.39 is 19.2 Å². The molecule has 32 heavy (non-hydrogen) atoms. The van der Waals surface area contributed by atoms with Gasteiger partial charge in [-0.15, -0.1) is 0 Å². The number of nitro benzene ring substituents is 1. The van der Waals surface area contributed by atoms with Crippen LogP contribution in [0.2, 0.25) is 18.1 Å². The number of hydrogen-bond donors (Lipinski definition) is 1. The van der Waals surface area contributed by atoms with Gasteiger partial charge in [0.2, 0.25) is 0 Å². The van der Waals surface area contributed by atoms with Crippen molar-refractivity contribution >= 4 is 20.0 Å². The van der Waals surface area contributed by atoms with Crippen LogP contribution >= 0.6 is 0 Å². The smallest absolute Gasteiger partial charge is 0.336 e. The first-order valence-electron chi connectivity index (χ1n) is 10.7. The minimum absolute atomic E-state index is 0.00541. The Bertz CT molecular complexity index is 1040. The molecule has 0 heterocycles. The quantitative estimate of drug-likeness (QED) is 0.283. The molecule has 0 unspecified atom stereocenters.